The van der Waals surface area contributed by atoms with E-state index in [1.54, 1.807) is 35.2 Å². The van der Waals surface area contributed by atoms with Crippen LogP contribution in [0.2, 0.25) is 0 Å². The molecule has 0 radical (unpaired) electrons. The van der Waals surface area contributed by atoms with Crippen molar-refractivity contribution < 1.29 is 14.1 Å². The van der Waals surface area contributed by atoms with Gasteiger partial charge in [-0.3, -0.25) is 19.8 Å². The number of aliphatic imine (C=N–C) groups is 1. The average Bonchev–Trinajstić information content (AvgIpc) is 3.49. The maximum absolute atomic E-state index is 13.6. The number of rotatable bonds is 6. The van der Waals surface area contributed by atoms with E-state index in [2.05, 4.69) is 0 Å². The molecule has 7 nitrogen and oxygen atoms in total. The van der Waals surface area contributed by atoms with Gasteiger partial charge in [0.15, 0.2) is 5.17 Å². The molecule has 5 rings (SSSR count). The second kappa shape index (κ2) is 10.1. The van der Waals surface area contributed by atoms with Crippen molar-refractivity contribution in [2.75, 3.05) is 0 Å². The summed E-state index contributed by atoms with van der Waals surface area (Å²) in [5, 5.41) is 11.7. The molecule has 0 aliphatic carbocycles. The summed E-state index contributed by atoms with van der Waals surface area (Å²) in [7, 11) is 0. The normalized spacial score (nSPS) is 16.6. The lowest BCUT2D eigenvalue weighted by molar-refractivity contribution is -0.384. The number of thioether (sulfide) groups is 1. The van der Waals surface area contributed by atoms with Crippen molar-refractivity contribution in [2.24, 2.45) is 4.99 Å². The van der Waals surface area contributed by atoms with E-state index in [-0.39, 0.29) is 17.6 Å². The van der Waals surface area contributed by atoms with E-state index in [0.717, 1.165) is 11.3 Å². The minimum Gasteiger partial charge on any atom is -0.457 e. The first kappa shape index (κ1) is 23.3. The van der Waals surface area contributed by atoms with Gasteiger partial charge in [-0.1, -0.05) is 60.7 Å². The molecule has 0 saturated carbocycles. The molecule has 36 heavy (non-hydrogen) atoms. The molecule has 1 amide bonds. The first-order valence-corrected chi connectivity index (χ1v) is 12.1. The molecular formula is C28H21N3O4S. The molecule has 0 spiro atoms. The van der Waals surface area contributed by atoms with Gasteiger partial charge in [-0.2, -0.15) is 0 Å². The zero-order chi connectivity index (χ0) is 25.1. The summed E-state index contributed by atoms with van der Waals surface area (Å²) in [6.07, 6.45) is 1.69. The maximum Gasteiger partial charge on any atom is 0.270 e. The fraction of sp³-hybridized carbons (Fsp3) is 0.0714. The lowest BCUT2D eigenvalue weighted by Crippen LogP contribution is -2.32. The number of para-hydroxylation sites is 1. The summed E-state index contributed by atoms with van der Waals surface area (Å²) in [5.41, 5.74) is 2.33. The number of benzene rings is 3. The second-order valence-corrected chi connectivity index (χ2v) is 9.12. The zero-order valence-corrected chi connectivity index (χ0v) is 20.1. The zero-order valence-electron chi connectivity index (χ0n) is 19.3. The number of nitro groups is 1. The Balaban J connectivity index is 1.48. The maximum atomic E-state index is 13.6. The van der Waals surface area contributed by atoms with E-state index < -0.39 is 4.92 Å². The van der Waals surface area contributed by atoms with Crippen molar-refractivity contribution in [3.63, 3.8) is 0 Å². The van der Waals surface area contributed by atoms with E-state index in [1.165, 1.54) is 23.9 Å². The minimum absolute atomic E-state index is 0.0161. The Labute approximate surface area is 211 Å². The van der Waals surface area contributed by atoms with Crippen LogP contribution in [0.3, 0.4) is 0 Å². The van der Waals surface area contributed by atoms with Crippen molar-refractivity contribution in [1.82, 2.24) is 4.90 Å². The summed E-state index contributed by atoms with van der Waals surface area (Å²) in [5.74, 6) is 0.786. The van der Waals surface area contributed by atoms with Crippen molar-refractivity contribution >= 4 is 40.3 Å². The van der Waals surface area contributed by atoms with Crippen LogP contribution in [-0.4, -0.2) is 20.9 Å². The van der Waals surface area contributed by atoms with Crippen LogP contribution in [-0.2, 0) is 4.79 Å². The van der Waals surface area contributed by atoms with Gasteiger partial charge in [-0.05, 0) is 48.5 Å². The van der Waals surface area contributed by atoms with Crippen molar-refractivity contribution in [2.45, 2.75) is 13.0 Å². The molecule has 0 bridgehead atoms. The third kappa shape index (κ3) is 4.85. The van der Waals surface area contributed by atoms with Crippen LogP contribution in [0, 0.1) is 10.1 Å². The smallest absolute Gasteiger partial charge is 0.270 e. The molecular weight excluding hydrogens is 474 g/mol. The Bertz CT molecular complexity index is 1480. The first-order valence-electron chi connectivity index (χ1n) is 11.3. The van der Waals surface area contributed by atoms with Gasteiger partial charge in [0.05, 0.1) is 21.6 Å². The quantitative estimate of drug-likeness (QED) is 0.160. The highest BCUT2D eigenvalue weighted by atomic mass is 32.2. The molecule has 1 atom stereocenters. The van der Waals surface area contributed by atoms with Crippen LogP contribution in [0.4, 0.5) is 11.4 Å². The van der Waals surface area contributed by atoms with Crippen LogP contribution >= 0.6 is 11.8 Å². The Morgan fingerprint density at radius 1 is 0.972 bits per heavy atom. The molecule has 2 heterocycles. The molecule has 3 aromatic carbocycles. The van der Waals surface area contributed by atoms with Gasteiger partial charge in [0.1, 0.15) is 11.5 Å². The lowest BCUT2D eigenvalue weighted by Gasteiger charge is -2.24. The highest BCUT2D eigenvalue weighted by Gasteiger charge is 2.37. The van der Waals surface area contributed by atoms with E-state index in [4.69, 9.17) is 9.41 Å². The van der Waals surface area contributed by atoms with Gasteiger partial charge in [0, 0.05) is 23.8 Å². The van der Waals surface area contributed by atoms with Crippen molar-refractivity contribution in [3.8, 4) is 11.3 Å². The number of nitro benzene ring substituents is 1. The number of nitrogens with zero attached hydrogens (tertiary/aromatic N) is 3. The summed E-state index contributed by atoms with van der Waals surface area (Å²) in [4.78, 5) is 31.2. The van der Waals surface area contributed by atoms with Crippen molar-refractivity contribution in [3.05, 3.63) is 123 Å². The van der Waals surface area contributed by atoms with Crippen LogP contribution < -0.4 is 0 Å². The van der Waals surface area contributed by atoms with E-state index in [1.807, 2.05) is 67.6 Å². The average molecular weight is 496 g/mol. The fourth-order valence-electron chi connectivity index (χ4n) is 3.89. The predicted octanol–water partition coefficient (Wildman–Crippen LogP) is 7.22. The molecule has 4 aromatic rings. The number of furan rings is 1. The van der Waals surface area contributed by atoms with Gasteiger partial charge in [-0.25, -0.2) is 4.99 Å². The van der Waals surface area contributed by atoms with Crippen LogP contribution in [0.1, 0.15) is 24.3 Å². The van der Waals surface area contributed by atoms with Gasteiger partial charge < -0.3 is 4.42 Å². The lowest BCUT2D eigenvalue weighted by atomic mass is 10.1. The largest absolute Gasteiger partial charge is 0.457 e. The molecule has 1 aliphatic heterocycles. The van der Waals surface area contributed by atoms with E-state index >= 15 is 0 Å². The summed E-state index contributed by atoms with van der Waals surface area (Å²) >= 11 is 1.29. The second-order valence-electron chi connectivity index (χ2n) is 8.11. The summed E-state index contributed by atoms with van der Waals surface area (Å²) in [6, 6.07) is 28.8. The van der Waals surface area contributed by atoms with Crippen molar-refractivity contribution in [1.29, 1.82) is 0 Å². The van der Waals surface area contributed by atoms with Gasteiger partial charge in [0.2, 0.25) is 0 Å². The fourth-order valence-corrected chi connectivity index (χ4v) is 4.94. The number of non-ortho nitro benzene ring substituents is 1. The SMILES string of the molecule is C[C@H](c1ccccc1)N1C(=O)/C(=C\c2ccc(-c3cccc([N+](=O)[O-])c3)o2)SC1=Nc1ccccc1. The molecule has 1 aliphatic rings. The molecule has 1 aromatic heterocycles. The predicted molar refractivity (Wildman–Crippen MR) is 142 cm³/mol. The summed E-state index contributed by atoms with van der Waals surface area (Å²) < 4.78 is 5.93. The highest BCUT2D eigenvalue weighted by molar-refractivity contribution is 8.18. The Morgan fingerprint density at radius 2 is 1.69 bits per heavy atom. The first-order chi connectivity index (χ1) is 17.5. The topological polar surface area (TPSA) is 89.0 Å². The number of hydrogen-bond acceptors (Lipinski definition) is 6. The molecule has 1 saturated heterocycles. The molecule has 0 N–H and O–H groups in total. The highest BCUT2D eigenvalue weighted by Crippen LogP contribution is 2.39. The van der Waals surface area contributed by atoms with Crippen LogP contribution in [0.15, 0.2) is 111 Å². The number of carbonyl (C=O) groups is 1. The van der Waals surface area contributed by atoms with Gasteiger partial charge in [0.25, 0.3) is 11.6 Å². The number of amides is 1. The standard InChI is InChI=1S/C28H21N3O4S/c1-19(20-9-4-2-5-10-20)30-27(32)26(36-28(30)29-22-12-6-3-7-13-22)18-24-15-16-25(35-24)21-11-8-14-23(17-21)31(33)34/h2-19H,1H3/b26-18+,29-28?/t19-/m1/s1. The van der Waals surface area contributed by atoms with E-state index in [9.17, 15) is 14.9 Å². The molecule has 178 valence electrons. The number of amidine groups is 1. The van der Waals surface area contributed by atoms with Crippen LogP contribution in [0.5, 0.6) is 0 Å². The Morgan fingerprint density at radius 3 is 2.42 bits per heavy atom. The number of hydrogen-bond donors (Lipinski definition) is 0. The van der Waals surface area contributed by atoms with E-state index in [0.29, 0.717) is 27.2 Å². The van der Waals surface area contributed by atoms with Gasteiger partial charge in [-0.15, -0.1) is 0 Å². The summed E-state index contributed by atoms with van der Waals surface area (Å²) in [6.45, 7) is 1.98. The monoisotopic (exact) mass is 495 g/mol. The molecule has 0 unspecified atom stereocenters. The molecule has 8 heteroatoms. The Kier molecular flexibility index (Phi) is 6.51. The third-order valence-corrected chi connectivity index (χ3v) is 6.71. The molecule has 1 fully saturated rings. The minimum atomic E-state index is -0.445. The number of carbonyl (C=O) groups excluding carboxylic acids is 1. The third-order valence-electron chi connectivity index (χ3n) is 5.73. The Hall–Kier alpha value is -4.43. The van der Waals surface area contributed by atoms with Crippen LogP contribution in [0.25, 0.3) is 17.4 Å². The van der Waals surface area contributed by atoms with Gasteiger partial charge >= 0.3 is 0 Å².